The fourth-order valence-electron chi connectivity index (χ4n) is 2.93. The molecule has 0 bridgehead atoms. The van der Waals surface area contributed by atoms with Crippen LogP contribution in [0.15, 0.2) is 15.4 Å². The summed E-state index contributed by atoms with van der Waals surface area (Å²) >= 11 is 1.39. The van der Waals surface area contributed by atoms with Crippen LogP contribution in [-0.4, -0.2) is 34.5 Å². The van der Waals surface area contributed by atoms with E-state index < -0.39 is 0 Å². The van der Waals surface area contributed by atoms with Crippen LogP contribution in [0.25, 0.3) is 0 Å². The van der Waals surface area contributed by atoms with E-state index in [1.807, 2.05) is 0 Å². The van der Waals surface area contributed by atoms with Gasteiger partial charge in [0.05, 0.1) is 5.51 Å². The molecule has 1 unspecified atom stereocenters. The highest BCUT2D eigenvalue weighted by molar-refractivity contribution is 7.07. The summed E-state index contributed by atoms with van der Waals surface area (Å²) in [4.78, 5) is 28.5. The van der Waals surface area contributed by atoms with Crippen molar-refractivity contribution in [3.63, 3.8) is 0 Å². The highest BCUT2D eigenvalue weighted by atomic mass is 32.1. The Morgan fingerprint density at radius 3 is 2.92 bits per heavy atom. The number of hydrogen-bond acceptors (Lipinski definition) is 6. The second-order valence-corrected chi connectivity index (χ2v) is 7.09. The number of aryl methyl sites for hydroxylation is 1. The molecular formula is C16H18N4O3S. The van der Waals surface area contributed by atoms with Gasteiger partial charge < -0.3 is 15.2 Å². The third-order valence-corrected chi connectivity index (χ3v) is 5.09. The molecule has 0 aromatic carbocycles. The quantitative estimate of drug-likeness (QED) is 0.856. The zero-order valence-corrected chi connectivity index (χ0v) is 13.9. The molecule has 0 radical (unpaired) electrons. The van der Waals surface area contributed by atoms with E-state index in [9.17, 15) is 9.59 Å². The van der Waals surface area contributed by atoms with Gasteiger partial charge in [-0.3, -0.25) is 9.59 Å². The molecule has 4 rings (SSSR count). The van der Waals surface area contributed by atoms with Crippen LogP contribution in [0, 0.1) is 5.92 Å². The molecule has 0 saturated heterocycles. The summed E-state index contributed by atoms with van der Waals surface area (Å²) in [7, 11) is 0. The first-order chi connectivity index (χ1) is 11.7. The highest BCUT2D eigenvalue weighted by Crippen LogP contribution is 2.28. The third kappa shape index (κ3) is 3.19. The lowest BCUT2D eigenvalue weighted by molar-refractivity contribution is 0.0927. The number of nitrogens with zero attached hydrogens (tertiary/aromatic N) is 2. The first kappa shape index (κ1) is 15.3. The number of aromatic nitrogens is 2. The van der Waals surface area contributed by atoms with Gasteiger partial charge in [0, 0.05) is 30.0 Å². The summed E-state index contributed by atoms with van der Waals surface area (Å²) in [6, 6.07) is -0.0407. The molecule has 2 heterocycles. The van der Waals surface area contributed by atoms with Gasteiger partial charge in [-0.1, -0.05) is 5.16 Å². The van der Waals surface area contributed by atoms with E-state index in [0.717, 1.165) is 17.7 Å². The van der Waals surface area contributed by atoms with Gasteiger partial charge in [0.1, 0.15) is 11.5 Å². The predicted molar refractivity (Wildman–Crippen MR) is 87.0 cm³/mol. The number of thiazole rings is 1. The minimum atomic E-state index is -0.182. The van der Waals surface area contributed by atoms with Gasteiger partial charge in [0.2, 0.25) is 0 Å². The van der Waals surface area contributed by atoms with Gasteiger partial charge in [0.25, 0.3) is 11.8 Å². The van der Waals surface area contributed by atoms with Crippen molar-refractivity contribution in [1.29, 1.82) is 0 Å². The van der Waals surface area contributed by atoms with E-state index in [1.165, 1.54) is 24.2 Å². The first-order valence-electron chi connectivity index (χ1n) is 8.15. The Bertz CT molecular complexity index is 751. The summed E-state index contributed by atoms with van der Waals surface area (Å²) < 4.78 is 5.32. The molecule has 2 aliphatic carbocycles. The molecule has 1 saturated carbocycles. The van der Waals surface area contributed by atoms with E-state index in [4.69, 9.17) is 4.52 Å². The molecule has 2 aromatic rings. The first-order valence-corrected chi connectivity index (χ1v) is 9.09. The summed E-state index contributed by atoms with van der Waals surface area (Å²) in [6.45, 7) is 0.699. The van der Waals surface area contributed by atoms with E-state index in [-0.39, 0.29) is 17.9 Å². The standard InChI is InChI=1S/C16H18N4O3S/c21-15(12-7-24-8-18-12)19-10-3-4-13-11(5-10)14(20-23-13)16(22)17-6-9-1-2-9/h7-10H,1-6H2,(H,17,22)(H,19,21). The van der Waals surface area contributed by atoms with Crippen molar-refractivity contribution in [3.8, 4) is 0 Å². The van der Waals surface area contributed by atoms with Crippen LogP contribution < -0.4 is 10.6 Å². The van der Waals surface area contributed by atoms with Crippen molar-refractivity contribution in [1.82, 2.24) is 20.8 Å². The van der Waals surface area contributed by atoms with Gasteiger partial charge >= 0.3 is 0 Å². The number of nitrogens with one attached hydrogen (secondary N) is 2. The smallest absolute Gasteiger partial charge is 0.273 e. The lowest BCUT2D eigenvalue weighted by Crippen LogP contribution is -2.39. The maximum Gasteiger partial charge on any atom is 0.273 e. The van der Waals surface area contributed by atoms with Crippen LogP contribution in [0.4, 0.5) is 0 Å². The highest BCUT2D eigenvalue weighted by Gasteiger charge is 2.30. The summed E-state index contributed by atoms with van der Waals surface area (Å²) in [5.41, 5.74) is 3.24. The molecule has 0 aliphatic heterocycles. The zero-order chi connectivity index (χ0) is 16.5. The van der Waals surface area contributed by atoms with Crippen LogP contribution in [0.3, 0.4) is 0 Å². The van der Waals surface area contributed by atoms with Crippen molar-refractivity contribution in [3.05, 3.63) is 33.6 Å². The second-order valence-electron chi connectivity index (χ2n) is 6.37. The predicted octanol–water partition coefficient (Wildman–Crippen LogP) is 1.56. The Kier molecular flexibility index (Phi) is 4.05. The Hall–Kier alpha value is -2.22. The maximum atomic E-state index is 12.3. The molecule has 1 fully saturated rings. The molecule has 1 atom stereocenters. The van der Waals surface area contributed by atoms with E-state index in [0.29, 0.717) is 36.7 Å². The number of carbonyl (C=O) groups excluding carboxylic acids is 2. The van der Waals surface area contributed by atoms with Gasteiger partial charge in [-0.25, -0.2) is 4.98 Å². The molecule has 126 valence electrons. The van der Waals surface area contributed by atoms with Crippen molar-refractivity contribution < 1.29 is 14.1 Å². The van der Waals surface area contributed by atoms with Gasteiger partial charge in [0.15, 0.2) is 5.69 Å². The Labute approximate surface area is 142 Å². The van der Waals surface area contributed by atoms with Crippen molar-refractivity contribution >= 4 is 23.2 Å². The summed E-state index contributed by atoms with van der Waals surface area (Å²) in [6.07, 6.45) is 4.35. The molecular weight excluding hydrogens is 328 g/mol. The van der Waals surface area contributed by atoms with Gasteiger partial charge in [-0.15, -0.1) is 11.3 Å². The second kappa shape index (κ2) is 6.35. The van der Waals surface area contributed by atoms with Crippen LogP contribution in [0.5, 0.6) is 0 Å². The molecule has 2 aliphatic rings. The SMILES string of the molecule is O=C(NC1CCc2onc(C(=O)NCC3CC3)c2C1)c1cscn1. The lowest BCUT2D eigenvalue weighted by atomic mass is 9.91. The zero-order valence-electron chi connectivity index (χ0n) is 13.1. The van der Waals surface area contributed by atoms with Crippen LogP contribution in [0.1, 0.15) is 51.6 Å². The van der Waals surface area contributed by atoms with Crippen molar-refractivity contribution in [2.75, 3.05) is 6.54 Å². The average Bonchev–Trinajstić information content (AvgIpc) is 3.09. The Balaban J connectivity index is 1.42. The number of carbonyl (C=O) groups is 2. The Morgan fingerprint density at radius 1 is 1.29 bits per heavy atom. The Morgan fingerprint density at radius 2 is 2.17 bits per heavy atom. The minimum absolute atomic E-state index is 0.0407. The molecule has 8 heteroatoms. The monoisotopic (exact) mass is 346 g/mol. The van der Waals surface area contributed by atoms with Gasteiger partial charge in [-0.05, 0) is 31.6 Å². The van der Waals surface area contributed by atoms with Gasteiger partial charge in [-0.2, -0.15) is 0 Å². The fraction of sp³-hybridized carbons (Fsp3) is 0.500. The molecule has 7 nitrogen and oxygen atoms in total. The lowest BCUT2D eigenvalue weighted by Gasteiger charge is -2.22. The normalized spacial score (nSPS) is 19.6. The van der Waals surface area contributed by atoms with E-state index >= 15 is 0 Å². The van der Waals surface area contributed by atoms with E-state index in [1.54, 1.807) is 10.9 Å². The summed E-state index contributed by atoms with van der Waals surface area (Å²) in [5, 5.41) is 11.6. The molecule has 2 aromatic heterocycles. The molecule has 2 amide bonds. The topological polar surface area (TPSA) is 97.1 Å². The van der Waals surface area contributed by atoms with Crippen molar-refractivity contribution in [2.45, 2.75) is 38.1 Å². The molecule has 0 spiro atoms. The third-order valence-electron chi connectivity index (χ3n) is 4.50. The van der Waals surface area contributed by atoms with Crippen molar-refractivity contribution in [2.24, 2.45) is 5.92 Å². The van der Waals surface area contributed by atoms with Crippen LogP contribution in [-0.2, 0) is 12.8 Å². The number of rotatable bonds is 5. The largest absolute Gasteiger partial charge is 0.360 e. The number of hydrogen-bond donors (Lipinski definition) is 2. The number of fused-ring (bicyclic) bond motifs is 1. The van der Waals surface area contributed by atoms with Crippen LogP contribution >= 0.6 is 11.3 Å². The summed E-state index contributed by atoms with van der Waals surface area (Å²) in [5.74, 6) is 1.01. The number of amides is 2. The minimum Gasteiger partial charge on any atom is -0.360 e. The van der Waals surface area contributed by atoms with E-state index in [2.05, 4.69) is 20.8 Å². The van der Waals surface area contributed by atoms with Crippen LogP contribution in [0.2, 0.25) is 0 Å². The fourth-order valence-corrected chi connectivity index (χ4v) is 3.46. The maximum absolute atomic E-state index is 12.3. The molecule has 24 heavy (non-hydrogen) atoms. The average molecular weight is 346 g/mol. The molecule has 2 N–H and O–H groups in total.